The first-order valence-corrected chi connectivity index (χ1v) is 6.49. The van der Waals surface area contributed by atoms with Crippen LogP contribution in [0.5, 0.6) is 0 Å². The molecule has 0 aliphatic heterocycles. The molecule has 2 rings (SSSR count). The molecule has 98 valence electrons. The molecule has 1 aromatic carbocycles. The fourth-order valence-corrected chi connectivity index (χ4v) is 1.87. The van der Waals surface area contributed by atoms with Crippen molar-refractivity contribution in [2.24, 2.45) is 0 Å². The summed E-state index contributed by atoms with van der Waals surface area (Å²) in [6.07, 6.45) is 1.48. The summed E-state index contributed by atoms with van der Waals surface area (Å²) in [5.74, 6) is 0.136. The van der Waals surface area contributed by atoms with Crippen LogP contribution in [0.15, 0.2) is 48.7 Å². The van der Waals surface area contributed by atoms with Gasteiger partial charge in [-0.2, -0.15) is 0 Å². The number of aromatic nitrogens is 1. The number of benzene rings is 1. The molecule has 0 bridgehead atoms. The Hall–Kier alpha value is -1.87. The minimum atomic E-state index is -0.132. The SMILES string of the molecule is C[C@H](CNC(=O)c1ccc(Cl)nc1)c1ccccc1. The number of halogens is 1. The number of nitrogens with one attached hydrogen (secondary N) is 1. The average molecular weight is 275 g/mol. The second kappa shape index (κ2) is 6.34. The maximum absolute atomic E-state index is 11.9. The Morgan fingerprint density at radius 3 is 2.63 bits per heavy atom. The zero-order chi connectivity index (χ0) is 13.7. The molecular weight excluding hydrogens is 260 g/mol. The molecule has 0 aliphatic rings. The van der Waals surface area contributed by atoms with Crippen LogP contribution in [0, 0.1) is 0 Å². The first-order valence-electron chi connectivity index (χ1n) is 6.11. The zero-order valence-corrected chi connectivity index (χ0v) is 11.4. The van der Waals surface area contributed by atoms with Gasteiger partial charge in [-0.1, -0.05) is 48.9 Å². The van der Waals surface area contributed by atoms with Crippen molar-refractivity contribution >= 4 is 17.5 Å². The van der Waals surface area contributed by atoms with E-state index in [1.165, 1.54) is 11.8 Å². The molecule has 2 aromatic rings. The Morgan fingerprint density at radius 2 is 2.00 bits per heavy atom. The molecule has 1 N–H and O–H groups in total. The van der Waals surface area contributed by atoms with E-state index >= 15 is 0 Å². The van der Waals surface area contributed by atoms with E-state index in [4.69, 9.17) is 11.6 Å². The van der Waals surface area contributed by atoms with Crippen LogP contribution in [0.25, 0.3) is 0 Å². The molecule has 1 amide bonds. The Bertz CT molecular complexity index is 540. The van der Waals surface area contributed by atoms with Gasteiger partial charge in [0.2, 0.25) is 0 Å². The monoisotopic (exact) mass is 274 g/mol. The number of carbonyl (C=O) groups is 1. The first kappa shape index (κ1) is 13.6. The highest BCUT2D eigenvalue weighted by molar-refractivity contribution is 6.29. The number of hydrogen-bond donors (Lipinski definition) is 1. The van der Waals surface area contributed by atoms with Crippen molar-refractivity contribution in [1.29, 1.82) is 0 Å². The van der Waals surface area contributed by atoms with Gasteiger partial charge in [0.1, 0.15) is 5.15 Å². The smallest absolute Gasteiger partial charge is 0.252 e. The molecule has 0 radical (unpaired) electrons. The summed E-state index contributed by atoms with van der Waals surface area (Å²) >= 11 is 5.68. The molecule has 0 spiro atoms. The van der Waals surface area contributed by atoms with E-state index in [1.807, 2.05) is 18.2 Å². The van der Waals surface area contributed by atoms with Gasteiger partial charge < -0.3 is 5.32 Å². The molecule has 3 nitrogen and oxygen atoms in total. The zero-order valence-electron chi connectivity index (χ0n) is 10.6. The van der Waals surface area contributed by atoms with Crippen LogP contribution < -0.4 is 5.32 Å². The van der Waals surface area contributed by atoms with E-state index in [0.29, 0.717) is 17.3 Å². The Kier molecular flexibility index (Phi) is 4.53. The first-order chi connectivity index (χ1) is 9.16. The number of nitrogens with zero attached hydrogens (tertiary/aromatic N) is 1. The summed E-state index contributed by atoms with van der Waals surface area (Å²) in [6, 6.07) is 13.4. The van der Waals surface area contributed by atoms with Crippen LogP contribution >= 0.6 is 11.6 Å². The highest BCUT2D eigenvalue weighted by atomic mass is 35.5. The van der Waals surface area contributed by atoms with Crippen LogP contribution in [-0.2, 0) is 0 Å². The van der Waals surface area contributed by atoms with E-state index in [-0.39, 0.29) is 11.8 Å². The predicted octanol–water partition coefficient (Wildman–Crippen LogP) is 3.27. The second-order valence-corrected chi connectivity index (χ2v) is 4.78. The van der Waals surface area contributed by atoms with Gasteiger partial charge in [0, 0.05) is 12.7 Å². The largest absolute Gasteiger partial charge is 0.351 e. The average Bonchev–Trinajstić information content (AvgIpc) is 2.46. The predicted molar refractivity (Wildman–Crippen MR) is 76.4 cm³/mol. The number of hydrogen-bond acceptors (Lipinski definition) is 2. The molecule has 4 heteroatoms. The van der Waals surface area contributed by atoms with Gasteiger partial charge in [-0.25, -0.2) is 4.98 Å². The second-order valence-electron chi connectivity index (χ2n) is 4.39. The topological polar surface area (TPSA) is 42.0 Å². The quantitative estimate of drug-likeness (QED) is 0.870. The minimum Gasteiger partial charge on any atom is -0.351 e. The minimum absolute atomic E-state index is 0.132. The summed E-state index contributed by atoms with van der Waals surface area (Å²) in [7, 11) is 0. The summed E-state index contributed by atoms with van der Waals surface area (Å²) < 4.78 is 0. The Morgan fingerprint density at radius 1 is 1.26 bits per heavy atom. The highest BCUT2D eigenvalue weighted by Crippen LogP contribution is 2.13. The van der Waals surface area contributed by atoms with Gasteiger partial charge in [0.15, 0.2) is 0 Å². The lowest BCUT2D eigenvalue weighted by molar-refractivity contribution is 0.0951. The number of amides is 1. The van der Waals surface area contributed by atoms with Crippen LogP contribution in [0.3, 0.4) is 0 Å². The van der Waals surface area contributed by atoms with Crippen LogP contribution in [0.4, 0.5) is 0 Å². The fourth-order valence-electron chi connectivity index (χ4n) is 1.76. The van der Waals surface area contributed by atoms with Gasteiger partial charge >= 0.3 is 0 Å². The van der Waals surface area contributed by atoms with Crippen molar-refractivity contribution < 1.29 is 4.79 Å². The van der Waals surface area contributed by atoms with Crippen LogP contribution in [0.1, 0.15) is 28.8 Å². The van der Waals surface area contributed by atoms with Crippen molar-refractivity contribution in [2.75, 3.05) is 6.54 Å². The van der Waals surface area contributed by atoms with Crippen molar-refractivity contribution in [3.05, 3.63) is 64.9 Å². The molecule has 0 aliphatic carbocycles. The molecular formula is C15H15ClN2O. The summed E-state index contributed by atoms with van der Waals surface area (Å²) in [4.78, 5) is 15.8. The van der Waals surface area contributed by atoms with E-state index in [9.17, 15) is 4.79 Å². The molecule has 0 saturated heterocycles. The number of rotatable bonds is 4. The Balaban J connectivity index is 1.92. The van der Waals surface area contributed by atoms with Crippen molar-refractivity contribution in [2.45, 2.75) is 12.8 Å². The summed E-state index contributed by atoms with van der Waals surface area (Å²) in [6.45, 7) is 2.67. The summed E-state index contributed by atoms with van der Waals surface area (Å²) in [5.41, 5.74) is 1.72. The maximum atomic E-state index is 11.9. The van der Waals surface area contributed by atoms with Gasteiger partial charge in [-0.15, -0.1) is 0 Å². The van der Waals surface area contributed by atoms with E-state index < -0.39 is 0 Å². The maximum Gasteiger partial charge on any atom is 0.252 e. The van der Waals surface area contributed by atoms with Crippen molar-refractivity contribution in [3.8, 4) is 0 Å². The van der Waals surface area contributed by atoms with E-state index in [0.717, 1.165) is 0 Å². The fraction of sp³-hybridized carbons (Fsp3) is 0.200. The van der Waals surface area contributed by atoms with Crippen LogP contribution in [0.2, 0.25) is 5.15 Å². The standard InChI is InChI=1S/C15H15ClN2O/c1-11(12-5-3-2-4-6-12)9-18-15(19)13-7-8-14(16)17-10-13/h2-8,10-11H,9H2,1H3,(H,18,19)/t11-/m1/s1. The van der Waals surface area contributed by atoms with Gasteiger partial charge in [-0.3, -0.25) is 4.79 Å². The van der Waals surface area contributed by atoms with Gasteiger partial charge in [-0.05, 0) is 23.6 Å². The summed E-state index contributed by atoms with van der Waals surface area (Å²) in [5, 5.41) is 3.28. The van der Waals surface area contributed by atoms with Crippen LogP contribution in [-0.4, -0.2) is 17.4 Å². The highest BCUT2D eigenvalue weighted by Gasteiger charge is 2.09. The van der Waals surface area contributed by atoms with E-state index in [1.54, 1.807) is 12.1 Å². The third-order valence-corrected chi connectivity index (χ3v) is 3.15. The Labute approximate surface area is 117 Å². The van der Waals surface area contributed by atoms with Gasteiger partial charge in [0.05, 0.1) is 5.56 Å². The molecule has 19 heavy (non-hydrogen) atoms. The lowest BCUT2D eigenvalue weighted by atomic mass is 10.0. The van der Waals surface area contributed by atoms with Crippen molar-refractivity contribution in [1.82, 2.24) is 10.3 Å². The van der Waals surface area contributed by atoms with Crippen molar-refractivity contribution in [3.63, 3.8) is 0 Å². The molecule has 1 aromatic heterocycles. The molecule has 1 heterocycles. The lowest BCUT2D eigenvalue weighted by Crippen LogP contribution is -2.27. The third-order valence-electron chi connectivity index (χ3n) is 2.93. The van der Waals surface area contributed by atoms with Gasteiger partial charge in [0.25, 0.3) is 5.91 Å². The number of pyridine rings is 1. The molecule has 0 saturated carbocycles. The lowest BCUT2D eigenvalue weighted by Gasteiger charge is -2.12. The molecule has 0 fully saturated rings. The number of carbonyl (C=O) groups excluding carboxylic acids is 1. The third kappa shape index (κ3) is 3.80. The normalized spacial score (nSPS) is 11.9. The molecule has 0 unspecified atom stereocenters. The molecule has 1 atom stereocenters. The van der Waals surface area contributed by atoms with E-state index in [2.05, 4.69) is 29.4 Å².